The minimum atomic E-state index is 0.477. The predicted octanol–water partition coefficient (Wildman–Crippen LogP) is 1.62. The van der Waals surface area contributed by atoms with Gasteiger partial charge in [0.25, 0.3) is 0 Å². The summed E-state index contributed by atoms with van der Waals surface area (Å²) in [7, 11) is 0. The van der Waals surface area contributed by atoms with Gasteiger partial charge in [-0.2, -0.15) is 0 Å². The molecule has 0 aromatic carbocycles. The fourth-order valence-corrected chi connectivity index (χ4v) is 23.4. The Labute approximate surface area is 88.2 Å². The van der Waals surface area contributed by atoms with Gasteiger partial charge in [-0.25, -0.2) is 0 Å². The topological polar surface area (TPSA) is 0 Å². The molecule has 0 aliphatic heterocycles. The zero-order chi connectivity index (χ0) is 6.85. The van der Waals surface area contributed by atoms with Crippen molar-refractivity contribution in [3.05, 3.63) is 0 Å². The molecule has 0 aromatic heterocycles. The first-order chi connectivity index (χ1) is 4.35. The van der Waals surface area contributed by atoms with Crippen LogP contribution in [0.5, 0.6) is 0 Å². The maximum absolute atomic E-state index is 2.49. The molecule has 54 valence electrons. The van der Waals surface area contributed by atoms with E-state index in [-0.39, 0.29) is 0 Å². The average molecular weight is 467 g/mol. The molecule has 0 atom stereocenters. The molecule has 1 saturated carbocycles. The SMILES string of the molecule is C[Te]C1C([Te]C)C1[Te]C. The Hall–Kier alpha value is 2.37. The van der Waals surface area contributed by atoms with Crippen molar-refractivity contribution < 1.29 is 0 Å². The summed E-state index contributed by atoms with van der Waals surface area (Å²) >= 11 is 1.43. The molecule has 1 aliphatic carbocycles. The van der Waals surface area contributed by atoms with Crippen LogP contribution in [0.4, 0.5) is 0 Å². The summed E-state index contributed by atoms with van der Waals surface area (Å²) in [4.78, 5) is 7.48. The first-order valence-electron chi connectivity index (χ1n) is 2.93. The first kappa shape index (κ1) is 9.46. The Balaban J connectivity index is 2.26. The standard InChI is InChI=1S/C6H12Te3/c1-7-4-5(8-2)6(4)9-3/h4-6H,1-3H3. The molecule has 0 unspecified atom stereocenters. The zero-order valence-corrected chi connectivity index (χ0v) is 12.9. The summed E-state index contributed by atoms with van der Waals surface area (Å²) in [6, 6.07) is 0. The molecule has 0 aromatic rings. The van der Waals surface area contributed by atoms with Crippen LogP contribution in [0.3, 0.4) is 0 Å². The van der Waals surface area contributed by atoms with Crippen molar-refractivity contribution >= 4 is 62.8 Å². The Bertz CT molecular complexity index is 69.3. The zero-order valence-electron chi connectivity index (χ0n) is 5.96. The molecule has 0 nitrogen and oxygen atoms in total. The Morgan fingerprint density at radius 3 is 1.00 bits per heavy atom. The Kier molecular flexibility index (Phi) is 4.63. The first-order valence-corrected chi connectivity index (χ1v) is 14.0. The Morgan fingerprint density at radius 2 is 0.889 bits per heavy atom. The van der Waals surface area contributed by atoms with Crippen LogP contribution in [-0.2, 0) is 0 Å². The number of rotatable bonds is 3. The summed E-state index contributed by atoms with van der Waals surface area (Å²) in [6.07, 6.45) is 0. The van der Waals surface area contributed by atoms with Crippen LogP contribution in [0, 0.1) is 0 Å². The third-order valence-corrected chi connectivity index (χ3v) is 16.3. The second-order valence-electron chi connectivity index (χ2n) is 2.10. The van der Waals surface area contributed by atoms with E-state index in [9.17, 15) is 0 Å². The molecular weight excluding hydrogens is 455 g/mol. The molecular formula is C6H12Te3. The summed E-state index contributed by atoms with van der Waals surface area (Å²) in [5.74, 6) is 0. The van der Waals surface area contributed by atoms with Gasteiger partial charge in [-0.3, -0.25) is 0 Å². The van der Waals surface area contributed by atoms with E-state index in [2.05, 4.69) is 14.9 Å². The molecule has 0 N–H and O–H groups in total. The van der Waals surface area contributed by atoms with Crippen LogP contribution in [0.25, 0.3) is 0 Å². The van der Waals surface area contributed by atoms with Gasteiger partial charge in [0.15, 0.2) is 0 Å². The molecule has 0 heterocycles. The average Bonchev–Trinajstić information content (AvgIpc) is 2.59. The van der Waals surface area contributed by atoms with Crippen LogP contribution in [0.1, 0.15) is 0 Å². The van der Waals surface area contributed by atoms with Gasteiger partial charge >= 0.3 is 89.6 Å². The molecule has 0 amide bonds. The van der Waals surface area contributed by atoms with E-state index < -0.39 is 0 Å². The minimum absolute atomic E-state index is 0.477. The van der Waals surface area contributed by atoms with E-state index in [1.54, 1.807) is 0 Å². The van der Waals surface area contributed by atoms with Crippen LogP contribution in [-0.4, -0.2) is 62.8 Å². The van der Waals surface area contributed by atoms with Gasteiger partial charge < -0.3 is 0 Å². The van der Waals surface area contributed by atoms with Crippen LogP contribution in [0.2, 0.25) is 26.8 Å². The van der Waals surface area contributed by atoms with E-state index in [1.807, 2.05) is 0 Å². The summed E-state index contributed by atoms with van der Waals surface area (Å²) in [5.41, 5.74) is 0. The molecule has 0 saturated heterocycles. The van der Waals surface area contributed by atoms with Crippen LogP contribution < -0.4 is 0 Å². The molecule has 9 heavy (non-hydrogen) atoms. The maximum atomic E-state index is 2.49. The van der Waals surface area contributed by atoms with E-state index in [0.717, 1.165) is 0 Å². The van der Waals surface area contributed by atoms with Crippen molar-refractivity contribution in [2.45, 2.75) is 26.8 Å². The second-order valence-corrected chi connectivity index (χ2v) is 10.8. The van der Waals surface area contributed by atoms with Crippen molar-refractivity contribution in [2.75, 3.05) is 0 Å². The van der Waals surface area contributed by atoms with Gasteiger partial charge in [-0.15, -0.1) is 0 Å². The second kappa shape index (κ2) is 4.41. The molecule has 1 fully saturated rings. The monoisotopic (exact) mass is 474 g/mol. The fraction of sp³-hybridized carbons (Fsp3) is 1.00. The van der Waals surface area contributed by atoms with E-state index in [1.165, 1.54) is 11.9 Å². The third kappa shape index (κ3) is 2.15. The van der Waals surface area contributed by atoms with Gasteiger partial charge in [0.2, 0.25) is 0 Å². The summed E-state index contributed by atoms with van der Waals surface area (Å²) in [6.45, 7) is 0. The van der Waals surface area contributed by atoms with Crippen molar-refractivity contribution in [3.63, 3.8) is 0 Å². The van der Waals surface area contributed by atoms with E-state index >= 15 is 0 Å². The van der Waals surface area contributed by atoms with Gasteiger partial charge in [-0.1, -0.05) is 0 Å². The van der Waals surface area contributed by atoms with Gasteiger partial charge in [-0.05, 0) is 0 Å². The molecule has 0 bridgehead atoms. The summed E-state index contributed by atoms with van der Waals surface area (Å²) in [5, 5.41) is 0. The quantitative estimate of drug-likeness (QED) is 0.555. The number of hydrogen-bond donors (Lipinski definition) is 0. The van der Waals surface area contributed by atoms with Crippen LogP contribution in [0.15, 0.2) is 0 Å². The van der Waals surface area contributed by atoms with Crippen molar-refractivity contribution in [3.8, 4) is 0 Å². The molecule has 0 radical (unpaired) electrons. The van der Waals surface area contributed by atoms with E-state index in [4.69, 9.17) is 0 Å². The Morgan fingerprint density at radius 1 is 0.667 bits per heavy atom. The van der Waals surface area contributed by atoms with Crippen molar-refractivity contribution in [1.82, 2.24) is 0 Å². The summed E-state index contributed by atoms with van der Waals surface area (Å²) < 4.78 is 4.03. The molecule has 0 spiro atoms. The molecule has 1 rings (SSSR count). The third-order valence-electron chi connectivity index (χ3n) is 1.65. The van der Waals surface area contributed by atoms with Gasteiger partial charge in [0.1, 0.15) is 0 Å². The fourth-order valence-electron chi connectivity index (χ4n) is 1.04. The molecule has 3 heteroatoms. The van der Waals surface area contributed by atoms with Gasteiger partial charge in [0, 0.05) is 0 Å². The van der Waals surface area contributed by atoms with Gasteiger partial charge in [0.05, 0.1) is 0 Å². The number of hydrogen-bond acceptors (Lipinski definition) is 0. The predicted molar refractivity (Wildman–Crippen MR) is 46.1 cm³/mol. The van der Waals surface area contributed by atoms with Crippen molar-refractivity contribution in [2.24, 2.45) is 0 Å². The van der Waals surface area contributed by atoms with Crippen molar-refractivity contribution in [1.29, 1.82) is 0 Å². The molecule has 1 aliphatic rings. The normalized spacial score (nSPS) is 41.0. The van der Waals surface area contributed by atoms with E-state index in [0.29, 0.717) is 62.8 Å². The van der Waals surface area contributed by atoms with Crippen LogP contribution >= 0.6 is 0 Å².